The molecule has 0 aliphatic rings. The number of hydrogen-bond acceptors (Lipinski definition) is 5. The van der Waals surface area contributed by atoms with Crippen LogP contribution in [0.3, 0.4) is 0 Å². The van der Waals surface area contributed by atoms with Crippen molar-refractivity contribution in [2.24, 2.45) is 5.92 Å². The second-order valence-corrected chi connectivity index (χ2v) is 6.68. The molecule has 2 amide bonds. The molecule has 26 heavy (non-hydrogen) atoms. The molecular weight excluding hydrogens is 360 g/mol. The molecule has 0 bridgehead atoms. The van der Waals surface area contributed by atoms with E-state index >= 15 is 0 Å². The van der Waals surface area contributed by atoms with Crippen LogP contribution in [-0.2, 0) is 23.9 Å². The van der Waals surface area contributed by atoms with Gasteiger partial charge in [0, 0.05) is 10.7 Å². The molecule has 0 aliphatic carbocycles. The molecule has 0 fully saturated rings. The number of halogens is 1. The molecule has 1 aromatic carbocycles. The smallest absolute Gasteiger partial charge is 0.328 e. The molecule has 1 aromatic rings. The summed E-state index contributed by atoms with van der Waals surface area (Å²) in [6.07, 6.45) is 0.451. The topological polar surface area (TPSA) is 93.7 Å². The fraction of sp³-hybridized carbons (Fsp3) is 0.500. The average molecular weight is 385 g/mol. The third kappa shape index (κ3) is 7.84. The summed E-state index contributed by atoms with van der Waals surface area (Å²) in [5, 5.41) is 5.72. The second-order valence-electron chi connectivity index (χ2n) is 6.28. The molecule has 0 heterocycles. The number of aryl methyl sites for hydroxylation is 1. The molecule has 0 saturated carbocycles. The summed E-state index contributed by atoms with van der Waals surface area (Å²) >= 11 is 5.99. The minimum absolute atomic E-state index is 0.201. The van der Waals surface area contributed by atoms with E-state index in [1.807, 2.05) is 20.8 Å². The fourth-order valence-electron chi connectivity index (χ4n) is 2.17. The highest BCUT2D eigenvalue weighted by molar-refractivity contribution is 6.31. The lowest BCUT2D eigenvalue weighted by Crippen LogP contribution is -2.44. The molecule has 0 aliphatic heterocycles. The number of anilines is 1. The minimum Gasteiger partial charge on any atom is -0.467 e. The van der Waals surface area contributed by atoms with Crippen LogP contribution in [0.4, 0.5) is 5.69 Å². The van der Waals surface area contributed by atoms with Crippen molar-refractivity contribution in [3.05, 3.63) is 28.8 Å². The van der Waals surface area contributed by atoms with E-state index in [9.17, 15) is 14.4 Å². The summed E-state index contributed by atoms with van der Waals surface area (Å²) in [7, 11) is 1.26. The minimum atomic E-state index is -0.736. The van der Waals surface area contributed by atoms with Gasteiger partial charge in [-0.15, -0.1) is 0 Å². The zero-order valence-electron chi connectivity index (χ0n) is 15.4. The number of ether oxygens (including phenoxy) is 2. The standard InChI is InChI=1S/C18H25ClN2O5/c1-11(2)7-15(18(24)25-4)21-17(23)10-26-9-16(22)20-13-6-5-12(3)14(19)8-13/h5-6,8,11,15H,7,9-10H2,1-4H3,(H,20,22)(H,21,23). The Kier molecular flexibility index (Phi) is 9.09. The van der Waals surface area contributed by atoms with Gasteiger partial charge in [0.05, 0.1) is 7.11 Å². The van der Waals surface area contributed by atoms with E-state index in [4.69, 9.17) is 16.3 Å². The van der Waals surface area contributed by atoms with Gasteiger partial charge in [-0.3, -0.25) is 9.59 Å². The molecule has 1 rings (SSSR count). The number of benzene rings is 1. The number of hydrogen-bond donors (Lipinski definition) is 2. The highest BCUT2D eigenvalue weighted by Crippen LogP contribution is 2.19. The molecular formula is C18H25ClN2O5. The van der Waals surface area contributed by atoms with E-state index in [1.54, 1.807) is 18.2 Å². The van der Waals surface area contributed by atoms with Gasteiger partial charge in [-0.2, -0.15) is 0 Å². The molecule has 0 aromatic heterocycles. The summed E-state index contributed by atoms with van der Waals surface area (Å²) in [6.45, 7) is 5.08. The van der Waals surface area contributed by atoms with Crippen molar-refractivity contribution in [3.63, 3.8) is 0 Å². The monoisotopic (exact) mass is 384 g/mol. The van der Waals surface area contributed by atoms with Crippen LogP contribution >= 0.6 is 11.6 Å². The van der Waals surface area contributed by atoms with E-state index in [0.717, 1.165) is 5.56 Å². The first-order valence-corrected chi connectivity index (χ1v) is 8.61. The van der Waals surface area contributed by atoms with Gasteiger partial charge in [0.1, 0.15) is 19.3 Å². The first-order chi connectivity index (χ1) is 12.2. The Morgan fingerprint density at radius 1 is 1.15 bits per heavy atom. The number of carbonyl (C=O) groups is 3. The highest BCUT2D eigenvalue weighted by atomic mass is 35.5. The van der Waals surface area contributed by atoms with Crippen molar-refractivity contribution < 1.29 is 23.9 Å². The fourth-order valence-corrected chi connectivity index (χ4v) is 2.35. The van der Waals surface area contributed by atoms with Crippen molar-refractivity contribution >= 4 is 35.1 Å². The molecule has 0 radical (unpaired) electrons. The number of carbonyl (C=O) groups excluding carboxylic acids is 3. The molecule has 1 atom stereocenters. The summed E-state index contributed by atoms with van der Waals surface area (Å²) in [5.74, 6) is -1.22. The maximum Gasteiger partial charge on any atom is 0.328 e. The summed E-state index contributed by atoms with van der Waals surface area (Å²) in [4.78, 5) is 35.4. The van der Waals surface area contributed by atoms with Crippen LogP contribution in [0.2, 0.25) is 5.02 Å². The maximum atomic E-state index is 11.9. The summed E-state index contributed by atoms with van der Waals surface area (Å²) in [5.41, 5.74) is 1.44. The van der Waals surface area contributed by atoms with Crippen LogP contribution in [0.5, 0.6) is 0 Å². The predicted molar refractivity (Wildman–Crippen MR) is 99.0 cm³/mol. The number of esters is 1. The highest BCUT2D eigenvalue weighted by Gasteiger charge is 2.22. The van der Waals surface area contributed by atoms with E-state index in [2.05, 4.69) is 15.4 Å². The molecule has 1 unspecified atom stereocenters. The largest absolute Gasteiger partial charge is 0.467 e. The van der Waals surface area contributed by atoms with Gasteiger partial charge < -0.3 is 20.1 Å². The Labute approximate surface area is 158 Å². The predicted octanol–water partition coefficient (Wildman–Crippen LogP) is 2.31. The molecule has 144 valence electrons. The SMILES string of the molecule is COC(=O)C(CC(C)C)NC(=O)COCC(=O)Nc1ccc(C)c(Cl)c1. The van der Waals surface area contributed by atoms with Crippen molar-refractivity contribution in [2.75, 3.05) is 25.6 Å². The summed E-state index contributed by atoms with van der Waals surface area (Å²) < 4.78 is 9.77. The molecule has 8 heteroatoms. The van der Waals surface area contributed by atoms with Gasteiger partial charge in [0.15, 0.2) is 0 Å². The Bertz CT molecular complexity index is 648. The lowest BCUT2D eigenvalue weighted by atomic mass is 10.0. The number of nitrogens with one attached hydrogen (secondary N) is 2. The Morgan fingerprint density at radius 2 is 1.81 bits per heavy atom. The average Bonchev–Trinajstić information content (AvgIpc) is 2.56. The van der Waals surface area contributed by atoms with Crippen LogP contribution in [-0.4, -0.2) is 44.1 Å². The molecule has 0 saturated heterocycles. The van der Waals surface area contributed by atoms with Crippen molar-refractivity contribution in [3.8, 4) is 0 Å². The van der Waals surface area contributed by atoms with E-state index in [0.29, 0.717) is 17.1 Å². The Hall–Kier alpha value is -2.12. The van der Waals surface area contributed by atoms with Gasteiger partial charge in [-0.25, -0.2) is 4.79 Å². The first-order valence-electron chi connectivity index (χ1n) is 8.23. The van der Waals surface area contributed by atoms with E-state index in [1.165, 1.54) is 7.11 Å². The third-order valence-corrected chi connectivity index (χ3v) is 3.86. The quantitative estimate of drug-likeness (QED) is 0.637. The van der Waals surface area contributed by atoms with Crippen LogP contribution in [0, 0.1) is 12.8 Å². The second kappa shape index (κ2) is 10.8. The van der Waals surface area contributed by atoms with Gasteiger partial charge in [-0.05, 0) is 37.0 Å². The number of rotatable bonds is 9. The van der Waals surface area contributed by atoms with Crippen molar-refractivity contribution in [1.82, 2.24) is 5.32 Å². The Balaban J connectivity index is 2.40. The van der Waals surface area contributed by atoms with E-state index in [-0.39, 0.29) is 19.1 Å². The van der Waals surface area contributed by atoms with Crippen LogP contribution < -0.4 is 10.6 Å². The number of amides is 2. The van der Waals surface area contributed by atoms with Crippen molar-refractivity contribution in [2.45, 2.75) is 33.2 Å². The zero-order chi connectivity index (χ0) is 19.7. The van der Waals surface area contributed by atoms with Crippen molar-refractivity contribution in [1.29, 1.82) is 0 Å². The molecule has 0 spiro atoms. The van der Waals surface area contributed by atoms with Gasteiger partial charge in [-0.1, -0.05) is 31.5 Å². The van der Waals surface area contributed by atoms with E-state index < -0.39 is 23.8 Å². The molecule has 2 N–H and O–H groups in total. The van der Waals surface area contributed by atoms with Gasteiger partial charge in [0.2, 0.25) is 11.8 Å². The van der Waals surface area contributed by atoms with Crippen LogP contribution in [0.1, 0.15) is 25.8 Å². The third-order valence-electron chi connectivity index (χ3n) is 3.45. The van der Waals surface area contributed by atoms with Gasteiger partial charge in [0.25, 0.3) is 0 Å². The lowest BCUT2D eigenvalue weighted by molar-refractivity contribution is -0.146. The molecule has 7 nitrogen and oxygen atoms in total. The zero-order valence-corrected chi connectivity index (χ0v) is 16.2. The van der Waals surface area contributed by atoms with Crippen LogP contribution in [0.15, 0.2) is 18.2 Å². The maximum absolute atomic E-state index is 11.9. The lowest BCUT2D eigenvalue weighted by Gasteiger charge is -2.18. The normalized spacial score (nSPS) is 11.8. The Morgan fingerprint density at radius 3 is 2.38 bits per heavy atom. The number of methoxy groups -OCH3 is 1. The van der Waals surface area contributed by atoms with Gasteiger partial charge >= 0.3 is 5.97 Å². The summed E-state index contributed by atoms with van der Waals surface area (Å²) in [6, 6.07) is 4.40. The van der Waals surface area contributed by atoms with Crippen LogP contribution in [0.25, 0.3) is 0 Å². The first kappa shape index (κ1) is 21.9.